The van der Waals surface area contributed by atoms with Crippen molar-refractivity contribution in [2.24, 2.45) is 5.92 Å². The van der Waals surface area contributed by atoms with Gasteiger partial charge in [-0.05, 0) is 43.0 Å². The molecule has 1 aliphatic carbocycles. The summed E-state index contributed by atoms with van der Waals surface area (Å²) in [6, 6.07) is 13.6. The van der Waals surface area contributed by atoms with Crippen molar-refractivity contribution in [2.45, 2.75) is 19.3 Å². The molecule has 5 rings (SSSR count). The second-order valence-corrected chi connectivity index (χ2v) is 7.68. The van der Waals surface area contributed by atoms with Crippen LogP contribution in [0.4, 0.5) is 21.7 Å². The number of aromatic nitrogens is 4. The van der Waals surface area contributed by atoms with Crippen LogP contribution in [0.2, 0.25) is 0 Å². The van der Waals surface area contributed by atoms with Crippen LogP contribution in [0.25, 0.3) is 16.9 Å². The summed E-state index contributed by atoms with van der Waals surface area (Å²) >= 11 is 0. The summed E-state index contributed by atoms with van der Waals surface area (Å²) < 4.78 is 15.4. The zero-order valence-corrected chi connectivity index (χ0v) is 16.9. The highest BCUT2D eigenvalue weighted by molar-refractivity contribution is 5.91. The highest BCUT2D eigenvalue weighted by atomic mass is 19.1. The number of amides is 1. The van der Waals surface area contributed by atoms with Gasteiger partial charge in [0.05, 0.1) is 23.8 Å². The maximum atomic E-state index is 13.8. The number of benzene rings is 2. The van der Waals surface area contributed by atoms with E-state index in [1.807, 2.05) is 30.3 Å². The number of halogens is 1. The van der Waals surface area contributed by atoms with Gasteiger partial charge in [-0.2, -0.15) is 10.2 Å². The van der Waals surface area contributed by atoms with Gasteiger partial charge in [-0.15, -0.1) is 5.10 Å². The van der Waals surface area contributed by atoms with Crippen molar-refractivity contribution in [3.8, 4) is 17.3 Å². The van der Waals surface area contributed by atoms with Crippen LogP contribution in [0.3, 0.4) is 0 Å². The molecule has 2 N–H and O–H groups in total. The predicted molar refractivity (Wildman–Crippen MR) is 117 cm³/mol. The Labute approximate surface area is 182 Å². The first-order chi connectivity index (χ1) is 15.6. The number of rotatable bonds is 6. The molecule has 0 unspecified atom stereocenters. The number of nitriles is 1. The molecule has 32 heavy (non-hydrogen) atoms. The number of hydrogen-bond donors (Lipinski definition) is 2. The Morgan fingerprint density at radius 2 is 2.03 bits per heavy atom. The minimum absolute atomic E-state index is 0.0419. The fourth-order valence-electron chi connectivity index (χ4n) is 3.38. The fourth-order valence-corrected chi connectivity index (χ4v) is 3.38. The fraction of sp³-hybridized carbons (Fsp3) is 0.174. The van der Waals surface area contributed by atoms with Gasteiger partial charge in [0.15, 0.2) is 5.65 Å². The Hall–Kier alpha value is -4.32. The Balaban J connectivity index is 1.34. The minimum atomic E-state index is -0.614. The van der Waals surface area contributed by atoms with E-state index in [1.54, 1.807) is 23.0 Å². The third-order valence-corrected chi connectivity index (χ3v) is 5.23. The molecule has 0 atom stereocenters. The van der Waals surface area contributed by atoms with Gasteiger partial charge in [0.1, 0.15) is 17.4 Å². The van der Waals surface area contributed by atoms with Crippen molar-refractivity contribution in [3.05, 3.63) is 66.2 Å². The molecule has 0 radical (unpaired) electrons. The van der Waals surface area contributed by atoms with Gasteiger partial charge >= 0.3 is 0 Å². The van der Waals surface area contributed by atoms with Gasteiger partial charge < -0.3 is 10.6 Å². The molecule has 158 valence electrons. The van der Waals surface area contributed by atoms with Gasteiger partial charge in [0.2, 0.25) is 11.9 Å². The quantitative estimate of drug-likeness (QED) is 0.475. The van der Waals surface area contributed by atoms with Gasteiger partial charge in [-0.25, -0.2) is 8.91 Å². The smallest absolute Gasteiger partial charge is 0.247 e. The first-order valence-corrected chi connectivity index (χ1v) is 10.2. The van der Waals surface area contributed by atoms with Gasteiger partial charge in [0.25, 0.3) is 0 Å². The van der Waals surface area contributed by atoms with Crippen LogP contribution in [-0.2, 0) is 4.79 Å². The summed E-state index contributed by atoms with van der Waals surface area (Å²) in [4.78, 5) is 20.7. The van der Waals surface area contributed by atoms with E-state index in [0.717, 1.165) is 24.1 Å². The molecule has 8 nitrogen and oxygen atoms in total. The molecule has 1 aliphatic rings. The predicted octanol–water partition coefficient (Wildman–Crippen LogP) is 4.28. The van der Waals surface area contributed by atoms with Gasteiger partial charge in [0, 0.05) is 17.7 Å². The van der Waals surface area contributed by atoms with Crippen LogP contribution in [-0.4, -0.2) is 25.5 Å². The Kier molecular flexibility index (Phi) is 4.95. The minimum Gasteiger partial charge on any atom is -0.326 e. The lowest BCUT2D eigenvalue weighted by atomic mass is 10.1. The van der Waals surface area contributed by atoms with Gasteiger partial charge in [-0.1, -0.05) is 18.2 Å². The monoisotopic (exact) mass is 427 g/mol. The van der Waals surface area contributed by atoms with E-state index in [1.165, 1.54) is 12.1 Å². The van der Waals surface area contributed by atoms with E-state index in [4.69, 9.17) is 0 Å². The van der Waals surface area contributed by atoms with Crippen LogP contribution < -0.4 is 10.6 Å². The van der Waals surface area contributed by atoms with E-state index in [-0.39, 0.29) is 23.1 Å². The molecule has 0 bridgehead atoms. The summed E-state index contributed by atoms with van der Waals surface area (Å²) in [5.74, 6) is 0.192. The first-order valence-electron chi connectivity index (χ1n) is 10.2. The number of nitrogens with zero attached hydrogens (tertiary/aromatic N) is 5. The lowest BCUT2D eigenvalue weighted by molar-refractivity contribution is -0.116. The van der Waals surface area contributed by atoms with E-state index >= 15 is 0 Å². The van der Waals surface area contributed by atoms with Crippen molar-refractivity contribution < 1.29 is 9.18 Å². The number of carbonyl (C=O) groups excluding carboxylic acids is 1. The molecule has 9 heteroatoms. The number of anilines is 3. The Bertz CT molecular complexity index is 1350. The third kappa shape index (κ3) is 4.11. The standard InChI is InChI=1S/C23H18FN7O/c24-18-2-1-3-19(17(18)11-25)28-23-29-21-12-26-20(13-31(21)30-23)15-6-8-16(9-7-15)27-22(32)10-14-4-5-14/h1-3,6-9,12-14H,4-5,10H2,(H,27,32)(H,28,30). The maximum absolute atomic E-state index is 13.8. The molecular weight excluding hydrogens is 409 g/mol. The second-order valence-electron chi connectivity index (χ2n) is 7.68. The number of carbonyl (C=O) groups is 1. The Morgan fingerprint density at radius 3 is 2.78 bits per heavy atom. The van der Waals surface area contributed by atoms with Crippen molar-refractivity contribution in [2.75, 3.05) is 10.6 Å². The van der Waals surface area contributed by atoms with Crippen molar-refractivity contribution >= 4 is 28.9 Å². The lowest BCUT2D eigenvalue weighted by Crippen LogP contribution is -2.11. The van der Waals surface area contributed by atoms with E-state index in [0.29, 0.717) is 23.7 Å². The van der Waals surface area contributed by atoms with E-state index in [2.05, 4.69) is 25.7 Å². The van der Waals surface area contributed by atoms with Crippen molar-refractivity contribution in [1.82, 2.24) is 19.6 Å². The summed E-state index contributed by atoms with van der Waals surface area (Å²) in [7, 11) is 0. The average molecular weight is 427 g/mol. The SMILES string of the molecule is N#Cc1c(F)cccc1Nc1nc2cnc(-c3ccc(NC(=O)CC4CC4)cc3)cn2n1. The third-order valence-electron chi connectivity index (χ3n) is 5.23. The summed E-state index contributed by atoms with van der Waals surface area (Å²) in [6.07, 6.45) is 6.16. The number of nitrogens with one attached hydrogen (secondary N) is 2. The largest absolute Gasteiger partial charge is 0.326 e. The molecular formula is C23H18FN7O. The highest BCUT2D eigenvalue weighted by Crippen LogP contribution is 2.32. The van der Waals surface area contributed by atoms with Crippen LogP contribution in [0.1, 0.15) is 24.8 Å². The molecule has 2 aromatic carbocycles. The first kappa shape index (κ1) is 19.6. The molecule has 1 fully saturated rings. The topological polar surface area (TPSA) is 108 Å². The number of hydrogen-bond acceptors (Lipinski definition) is 6. The van der Waals surface area contributed by atoms with Crippen LogP contribution in [0.5, 0.6) is 0 Å². The zero-order valence-electron chi connectivity index (χ0n) is 16.9. The maximum Gasteiger partial charge on any atom is 0.247 e. The molecule has 2 heterocycles. The van der Waals surface area contributed by atoms with Crippen molar-refractivity contribution in [3.63, 3.8) is 0 Å². The molecule has 1 amide bonds. The van der Waals surface area contributed by atoms with Crippen LogP contribution in [0.15, 0.2) is 54.9 Å². The molecule has 1 saturated carbocycles. The molecule has 0 aliphatic heterocycles. The van der Waals surface area contributed by atoms with E-state index in [9.17, 15) is 14.4 Å². The molecule has 2 aromatic heterocycles. The normalized spacial score (nSPS) is 13.0. The van der Waals surface area contributed by atoms with Crippen LogP contribution in [0, 0.1) is 23.1 Å². The molecule has 0 spiro atoms. The summed E-state index contributed by atoms with van der Waals surface area (Å²) in [5.41, 5.74) is 2.96. The van der Waals surface area contributed by atoms with Gasteiger partial charge in [-0.3, -0.25) is 9.78 Å². The van der Waals surface area contributed by atoms with E-state index < -0.39 is 5.82 Å². The second kappa shape index (κ2) is 8.07. The highest BCUT2D eigenvalue weighted by Gasteiger charge is 2.24. The average Bonchev–Trinajstić information content (AvgIpc) is 3.50. The molecule has 0 saturated heterocycles. The summed E-state index contributed by atoms with van der Waals surface area (Å²) in [6.45, 7) is 0. The Morgan fingerprint density at radius 1 is 1.22 bits per heavy atom. The number of fused-ring (bicyclic) bond motifs is 1. The van der Waals surface area contributed by atoms with Crippen LogP contribution >= 0.6 is 0 Å². The van der Waals surface area contributed by atoms with Crippen molar-refractivity contribution in [1.29, 1.82) is 5.26 Å². The molecule has 4 aromatic rings. The lowest BCUT2D eigenvalue weighted by Gasteiger charge is -2.06. The zero-order chi connectivity index (χ0) is 22.1. The summed E-state index contributed by atoms with van der Waals surface area (Å²) in [5, 5.41) is 19.3.